The van der Waals surface area contributed by atoms with Crippen molar-refractivity contribution in [1.82, 2.24) is 20.2 Å². The van der Waals surface area contributed by atoms with Gasteiger partial charge >= 0.3 is 0 Å². The Kier molecular flexibility index (Phi) is 4.66. The average Bonchev–Trinajstić information content (AvgIpc) is 3.45. The van der Waals surface area contributed by atoms with E-state index >= 15 is 0 Å². The van der Waals surface area contributed by atoms with Crippen molar-refractivity contribution in [2.45, 2.75) is 25.7 Å². The number of hydrogen-bond acceptors (Lipinski definition) is 4. The zero-order chi connectivity index (χ0) is 19.8. The van der Waals surface area contributed by atoms with Gasteiger partial charge in [-0.25, -0.2) is 0 Å². The predicted octanol–water partition coefficient (Wildman–Crippen LogP) is 5.71. The van der Waals surface area contributed by atoms with Crippen molar-refractivity contribution in [3.05, 3.63) is 60.4 Å². The average molecular weight is 403 g/mol. The van der Waals surface area contributed by atoms with Crippen LogP contribution in [-0.4, -0.2) is 31.9 Å². The van der Waals surface area contributed by atoms with Crippen LogP contribution in [0.5, 0.6) is 0 Å². The summed E-state index contributed by atoms with van der Waals surface area (Å²) in [5.74, 6) is 0.383. The molecule has 0 fully saturated rings. The van der Waals surface area contributed by atoms with Gasteiger partial charge in [0.05, 0.1) is 15.9 Å². The maximum absolute atomic E-state index is 9.33. The fraction of sp³-hybridized carbons (Fsp3) is 0.217. The molecule has 4 heterocycles. The highest BCUT2D eigenvalue weighted by atomic mass is 32.1. The molecule has 1 unspecified atom stereocenters. The van der Waals surface area contributed by atoms with Crippen LogP contribution in [0, 0.1) is 0 Å². The Labute approximate surface area is 172 Å². The maximum Gasteiger partial charge on any atom is 0.126 e. The molecular weight excluding hydrogens is 380 g/mol. The largest absolute Gasteiger partial charge is 0.396 e. The molecule has 0 bridgehead atoms. The zero-order valence-corrected chi connectivity index (χ0v) is 17.0. The van der Waals surface area contributed by atoms with E-state index in [2.05, 4.69) is 57.4 Å². The number of hydrogen-bond donors (Lipinski definition) is 3. The Morgan fingerprint density at radius 1 is 1.07 bits per heavy atom. The van der Waals surface area contributed by atoms with E-state index in [1.807, 2.05) is 24.5 Å². The Morgan fingerprint density at radius 2 is 1.93 bits per heavy atom. The molecule has 5 aromatic rings. The van der Waals surface area contributed by atoms with Gasteiger partial charge in [-0.15, -0.1) is 11.3 Å². The fourth-order valence-electron chi connectivity index (χ4n) is 3.95. The van der Waals surface area contributed by atoms with Crippen molar-refractivity contribution < 1.29 is 5.11 Å². The molecule has 0 amide bonds. The van der Waals surface area contributed by atoms with Crippen molar-refractivity contribution in [3.63, 3.8) is 0 Å². The number of pyridine rings is 1. The zero-order valence-electron chi connectivity index (χ0n) is 16.1. The summed E-state index contributed by atoms with van der Waals surface area (Å²) in [6.45, 7) is 2.39. The molecule has 146 valence electrons. The minimum absolute atomic E-state index is 0.218. The minimum Gasteiger partial charge on any atom is -0.396 e. The van der Waals surface area contributed by atoms with Crippen LogP contribution in [0.3, 0.4) is 0 Å². The molecule has 0 saturated carbocycles. The predicted molar refractivity (Wildman–Crippen MR) is 119 cm³/mol. The van der Waals surface area contributed by atoms with Crippen molar-refractivity contribution in [1.29, 1.82) is 0 Å². The first-order chi connectivity index (χ1) is 14.3. The van der Waals surface area contributed by atoms with E-state index in [4.69, 9.17) is 0 Å². The summed E-state index contributed by atoms with van der Waals surface area (Å²) in [7, 11) is 0. The SMILES string of the molecule is CCC(CCO)c1ccc2cc(-c3n[nH]c4cc(-c5ccncc5)sc34)[nH]c2c1. The first kappa shape index (κ1) is 18.1. The second-order valence-electron chi connectivity index (χ2n) is 7.31. The second kappa shape index (κ2) is 7.46. The summed E-state index contributed by atoms with van der Waals surface area (Å²) in [4.78, 5) is 8.86. The summed E-state index contributed by atoms with van der Waals surface area (Å²) < 4.78 is 1.15. The van der Waals surface area contributed by atoms with E-state index < -0.39 is 0 Å². The summed E-state index contributed by atoms with van der Waals surface area (Å²) in [5.41, 5.74) is 6.55. The molecule has 5 nitrogen and oxygen atoms in total. The van der Waals surface area contributed by atoms with E-state index in [0.29, 0.717) is 5.92 Å². The second-order valence-corrected chi connectivity index (χ2v) is 8.36. The third-order valence-electron chi connectivity index (χ3n) is 5.54. The van der Waals surface area contributed by atoms with Gasteiger partial charge in [0.25, 0.3) is 0 Å². The normalized spacial score (nSPS) is 12.8. The highest BCUT2D eigenvalue weighted by Gasteiger charge is 2.16. The molecule has 0 radical (unpaired) electrons. The number of fused-ring (bicyclic) bond motifs is 2. The van der Waals surface area contributed by atoms with Crippen LogP contribution in [0.4, 0.5) is 0 Å². The first-order valence-corrected chi connectivity index (χ1v) is 10.7. The van der Waals surface area contributed by atoms with Gasteiger partial charge < -0.3 is 10.1 Å². The number of aromatic amines is 2. The van der Waals surface area contributed by atoms with Crippen LogP contribution in [0.1, 0.15) is 31.2 Å². The number of nitrogens with one attached hydrogen (secondary N) is 2. The lowest BCUT2D eigenvalue weighted by atomic mass is 9.93. The topological polar surface area (TPSA) is 77.6 Å². The van der Waals surface area contributed by atoms with Crippen LogP contribution in [0.15, 0.2) is 54.9 Å². The lowest BCUT2D eigenvalue weighted by Gasteiger charge is -2.13. The van der Waals surface area contributed by atoms with Gasteiger partial charge in [0.1, 0.15) is 5.69 Å². The lowest BCUT2D eigenvalue weighted by Crippen LogP contribution is -2.00. The van der Waals surface area contributed by atoms with Crippen LogP contribution >= 0.6 is 11.3 Å². The molecule has 1 atom stereocenters. The van der Waals surface area contributed by atoms with E-state index in [0.717, 1.165) is 45.5 Å². The Balaban J connectivity index is 1.55. The van der Waals surface area contributed by atoms with E-state index in [-0.39, 0.29) is 6.61 Å². The summed E-state index contributed by atoms with van der Waals surface area (Å²) in [6, 6.07) is 14.9. The van der Waals surface area contributed by atoms with Crippen molar-refractivity contribution in [2.24, 2.45) is 0 Å². The summed E-state index contributed by atoms with van der Waals surface area (Å²) >= 11 is 1.74. The van der Waals surface area contributed by atoms with Gasteiger partial charge in [-0.1, -0.05) is 19.1 Å². The van der Waals surface area contributed by atoms with Crippen molar-refractivity contribution in [2.75, 3.05) is 6.61 Å². The van der Waals surface area contributed by atoms with Crippen molar-refractivity contribution >= 4 is 32.5 Å². The molecule has 29 heavy (non-hydrogen) atoms. The van der Waals surface area contributed by atoms with Crippen LogP contribution < -0.4 is 0 Å². The monoisotopic (exact) mass is 402 g/mol. The van der Waals surface area contributed by atoms with Crippen LogP contribution in [0.25, 0.3) is 42.9 Å². The third-order valence-corrected chi connectivity index (χ3v) is 6.73. The number of aromatic nitrogens is 4. The van der Waals surface area contributed by atoms with Crippen LogP contribution in [0.2, 0.25) is 0 Å². The molecule has 4 aromatic heterocycles. The lowest BCUT2D eigenvalue weighted by molar-refractivity contribution is 0.274. The van der Waals surface area contributed by atoms with Gasteiger partial charge in [-0.3, -0.25) is 10.1 Å². The maximum atomic E-state index is 9.33. The van der Waals surface area contributed by atoms with Crippen LogP contribution in [-0.2, 0) is 0 Å². The minimum atomic E-state index is 0.218. The Hall–Kier alpha value is -2.96. The summed E-state index contributed by atoms with van der Waals surface area (Å²) in [5, 5.41) is 18.2. The van der Waals surface area contributed by atoms with Gasteiger partial charge in [0.15, 0.2) is 0 Å². The molecule has 1 aromatic carbocycles. The number of aliphatic hydroxyl groups excluding tert-OH is 1. The molecule has 6 heteroatoms. The highest BCUT2D eigenvalue weighted by Crippen LogP contribution is 2.38. The molecule has 0 spiro atoms. The molecule has 0 aliphatic heterocycles. The number of aliphatic hydroxyl groups is 1. The van der Waals surface area contributed by atoms with E-state index in [1.165, 1.54) is 15.8 Å². The number of H-pyrrole nitrogens is 2. The quantitative estimate of drug-likeness (QED) is 0.340. The third kappa shape index (κ3) is 3.24. The number of thiophene rings is 1. The Bertz CT molecular complexity index is 1270. The smallest absolute Gasteiger partial charge is 0.126 e. The van der Waals surface area contributed by atoms with E-state index in [1.54, 1.807) is 11.3 Å². The standard InChI is InChI=1S/C23H22N4OS/c1-2-14(7-10-28)16-3-4-17-12-19(25-18(17)11-16)22-23-20(26-27-22)13-21(29-23)15-5-8-24-9-6-15/h3-6,8-9,11-14,25,28H,2,7,10H2,1H3,(H,26,27). The molecular formula is C23H22N4OS. The highest BCUT2D eigenvalue weighted by molar-refractivity contribution is 7.22. The van der Waals surface area contributed by atoms with Gasteiger partial charge in [0.2, 0.25) is 0 Å². The molecule has 0 saturated heterocycles. The molecule has 5 rings (SSSR count). The van der Waals surface area contributed by atoms with Crippen molar-refractivity contribution in [3.8, 4) is 21.8 Å². The fourth-order valence-corrected chi connectivity index (χ4v) is 5.06. The Morgan fingerprint density at radius 3 is 2.72 bits per heavy atom. The first-order valence-electron chi connectivity index (χ1n) is 9.89. The van der Waals surface area contributed by atoms with Gasteiger partial charge in [-0.05, 0) is 60.2 Å². The molecule has 3 N–H and O–H groups in total. The van der Waals surface area contributed by atoms with Gasteiger partial charge in [-0.2, -0.15) is 5.10 Å². The number of rotatable bonds is 6. The molecule has 0 aliphatic carbocycles. The van der Waals surface area contributed by atoms with Gasteiger partial charge in [0, 0.05) is 34.8 Å². The van der Waals surface area contributed by atoms with E-state index in [9.17, 15) is 5.11 Å². The number of benzene rings is 1. The number of nitrogens with zero attached hydrogens (tertiary/aromatic N) is 2. The molecule has 0 aliphatic rings. The summed E-state index contributed by atoms with van der Waals surface area (Å²) in [6.07, 6.45) is 5.45.